The summed E-state index contributed by atoms with van der Waals surface area (Å²) >= 11 is 0. The normalized spacial score (nSPS) is 22.4. The number of carbonyl (C=O) groups is 3. The number of likely N-dealkylation sites (tertiary alicyclic amines) is 1. The molecule has 2 fully saturated rings. The topological polar surface area (TPSA) is 83.5 Å². The fourth-order valence-corrected chi connectivity index (χ4v) is 1.91. The van der Waals surface area contributed by atoms with Crippen LogP contribution in [0.25, 0.3) is 0 Å². The Kier molecular flexibility index (Phi) is 4.62. The average Bonchev–Trinajstić information content (AvgIpc) is 2.64. The molecule has 0 saturated carbocycles. The van der Waals surface area contributed by atoms with Gasteiger partial charge in [0, 0.05) is 12.8 Å². The molecule has 0 aromatic carbocycles. The SMILES string of the molecule is C[N+]1(C(=O)O)CCCCC1.O=C1CCC(=O)N1. The highest BCUT2D eigenvalue weighted by Crippen LogP contribution is 2.15. The first-order valence-corrected chi connectivity index (χ1v) is 5.85. The zero-order valence-corrected chi connectivity index (χ0v) is 10.1. The van der Waals surface area contributed by atoms with E-state index in [1.54, 1.807) is 7.05 Å². The third kappa shape index (κ3) is 4.14. The van der Waals surface area contributed by atoms with Gasteiger partial charge in [0.25, 0.3) is 0 Å². The summed E-state index contributed by atoms with van der Waals surface area (Å²) < 4.78 is 0.222. The molecule has 2 rings (SSSR count). The maximum absolute atomic E-state index is 10.6. The molecule has 0 bridgehead atoms. The minimum absolute atomic E-state index is 0.148. The Labute approximate surface area is 100 Å². The number of quaternary nitrogens is 1. The highest BCUT2D eigenvalue weighted by molar-refractivity contribution is 6.01. The van der Waals surface area contributed by atoms with Gasteiger partial charge in [-0.1, -0.05) is 0 Å². The summed E-state index contributed by atoms with van der Waals surface area (Å²) in [4.78, 5) is 30.9. The van der Waals surface area contributed by atoms with Crippen LogP contribution in [0.1, 0.15) is 32.1 Å². The van der Waals surface area contributed by atoms with Crippen molar-refractivity contribution in [2.75, 3.05) is 20.1 Å². The molecule has 17 heavy (non-hydrogen) atoms. The van der Waals surface area contributed by atoms with Gasteiger partial charge in [-0.3, -0.25) is 14.9 Å². The highest BCUT2D eigenvalue weighted by atomic mass is 16.4. The molecule has 2 saturated heterocycles. The lowest BCUT2D eigenvalue weighted by atomic mass is 10.1. The molecular weight excluding hydrogens is 224 g/mol. The van der Waals surface area contributed by atoms with Crippen LogP contribution in [0.4, 0.5) is 4.79 Å². The molecule has 0 spiro atoms. The minimum atomic E-state index is -0.681. The standard InChI is InChI=1S/C7H13NO2.C4H5NO2/c1-8(7(9)10)5-3-2-4-6-8;6-3-1-2-4(7)5-3/h2-6H2,1H3;1-2H2,(H,5,6,7)/p+1. The van der Waals surface area contributed by atoms with E-state index in [-0.39, 0.29) is 16.3 Å². The fraction of sp³-hybridized carbons (Fsp3) is 0.727. The second kappa shape index (κ2) is 5.77. The van der Waals surface area contributed by atoms with Crippen LogP contribution in [0.15, 0.2) is 0 Å². The molecule has 0 aromatic heterocycles. The van der Waals surface area contributed by atoms with Crippen molar-refractivity contribution in [1.82, 2.24) is 5.32 Å². The molecule has 0 aromatic rings. The van der Waals surface area contributed by atoms with Crippen molar-refractivity contribution < 1.29 is 24.0 Å². The zero-order chi connectivity index (χ0) is 12.9. The molecule has 3 amide bonds. The smallest absolute Gasteiger partial charge is 0.435 e. The Hall–Kier alpha value is -1.43. The summed E-state index contributed by atoms with van der Waals surface area (Å²) in [6, 6.07) is 0. The number of rotatable bonds is 0. The van der Waals surface area contributed by atoms with Crippen LogP contribution in [0.5, 0.6) is 0 Å². The Morgan fingerprint density at radius 2 is 1.59 bits per heavy atom. The second-order valence-electron chi connectivity index (χ2n) is 4.66. The van der Waals surface area contributed by atoms with Crippen LogP contribution < -0.4 is 5.32 Å². The Morgan fingerprint density at radius 3 is 1.82 bits per heavy atom. The van der Waals surface area contributed by atoms with Crippen LogP contribution in [0.3, 0.4) is 0 Å². The van der Waals surface area contributed by atoms with Crippen molar-refractivity contribution in [3.8, 4) is 0 Å². The van der Waals surface area contributed by atoms with E-state index < -0.39 is 6.09 Å². The second-order valence-corrected chi connectivity index (χ2v) is 4.66. The Bertz CT molecular complexity index is 307. The lowest BCUT2D eigenvalue weighted by Crippen LogP contribution is -2.51. The van der Waals surface area contributed by atoms with Gasteiger partial charge in [-0.05, 0) is 19.3 Å². The minimum Gasteiger partial charge on any atom is -0.435 e. The number of amides is 3. The number of carboxylic acid groups (broad SMARTS) is 1. The number of imide groups is 1. The average molecular weight is 243 g/mol. The Balaban J connectivity index is 0.000000181. The zero-order valence-electron chi connectivity index (χ0n) is 10.1. The van der Waals surface area contributed by atoms with E-state index in [4.69, 9.17) is 5.11 Å². The fourth-order valence-electron chi connectivity index (χ4n) is 1.91. The predicted octanol–water partition coefficient (Wildman–Crippen LogP) is 0.718. The largest absolute Gasteiger partial charge is 0.513 e. The van der Waals surface area contributed by atoms with Crippen LogP contribution in [-0.2, 0) is 9.59 Å². The molecule has 2 N–H and O–H groups in total. The quantitative estimate of drug-likeness (QED) is 0.485. The summed E-state index contributed by atoms with van der Waals surface area (Å²) in [6.07, 6.45) is 3.38. The van der Waals surface area contributed by atoms with Crippen molar-refractivity contribution in [3.63, 3.8) is 0 Å². The molecule has 0 atom stereocenters. The summed E-state index contributed by atoms with van der Waals surface area (Å²) in [5.41, 5.74) is 0. The Morgan fingerprint density at radius 1 is 1.12 bits per heavy atom. The molecule has 0 radical (unpaired) electrons. The van der Waals surface area contributed by atoms with E-state index >= 15 is 0 Å². The number of nitrogens with zero attached hydrogens (tertiary/aromatic N) is 1. The van der Waals surface area contributed by atoms with Crippen LogP contribution in [0, 0.1) is 0 Å². The first kappa shape index (κ1) is 13.6. The summed E-state index contributed by atoms with van der Waals surface area (Å²) in [5.74, 6) is -0.296. The first-order valence-electron chi connectivity index (χ1n) is 5.85. The monoisotopic (exact) mass is 243 g/mol. The molecule has 96 valence electrons. The van der Waals surface area contributed by atoms with E-state index in [0.29, 0.717) is 12.8 Å². The molecular formula is C11H19N2O4+. The van der Waals surface area contributed by atoms with Crippen LogP contribution in [0.2, 0.25) is 0 Å². The number of carbonyl (C=O) groups excluding carboxylic acids is 2. The van der Waals surface area contributed by atoms with E-state index in [0.717, 1.165) is 25.9 Å². The van der Waals surface area contributed by atoms with Gasteiger partial charge in [0.15, 0.2) is 0 Å². The molecule has 6 heteroatoms. The summed E-state index contributed by atoms with van der Waals surface area (Å²) in [6.45, 7) is 1.60. The van der Waals surface area contributed by atoms with Gasteiger partial charge in [0.05, 0.1) is 20.1 Å². The van der Waals surface area contributed by atoms with Gasteiger partial charge < -0.3 is 5.11 Å². The summed E-state index contributed by atoms with van der Waals surface area (Å²) in [7, 11) is 1.79. The van der Waals surface area contributed by atoms with Gasteiger partial charge in [0.1, 0.15) is 0 Å². The molecule has 2 aliphatic rings. The van der Waals surface area contributed by atoms with E-state index in [2.05, 4.69) is 5.32 Å². The number of piperidine rings is 1. The van der Waals surface area contributed by atoms with Gasteiger partial charge in [-0.2, -0.15) is 4.79 Å². The van der Waals surface area contributed by atoms with Crippen molar-refractivity contribution in [2.24, 2.45) is 0 Å². The number of nitrogens with one attached hydrogen (secondary N) is 1. The predicted molar refractivity (Wildman–Crippen MR) is 60.2 cm³/mol. The number of hydrogen-bond donors (Lipinski definition) is 2. The van der Waals surface area contributed by atoms with Crippen LogP contribution >= 0.6 is 0 Å². The lowest BCUT2D eigenvalue weighted by Gasteiger charge is -2.31. The summed E-state index contributed by atoms with van der Waals surface area (Å²) in [5, 5.41) is 10.9. The van der Waals surface area contributed by atoms with Crippen molar-refractivity contribution in [1.29, 1.82) is 0 Å². The van der Waals surface area contributed by atoms with Gasteiger partial charge >= 0.3 is 6.09 Å². The lowest BCUT2D eigenvalue weighted by molar-refractivity contribution is -0.842. The maximum atomic E-state index is 10.6. The first-order chi connectivity index (χ1) is 7.94. The molecule has 2 heterocycles. The van der Waals surface area contributed by atoms with Gasteiger partial charge in [0.2, 0.25) is 11.8 Å². The number of hydrogen-bond acceptors (Lipinski definition) is 3. The third-order valence-corrected chi connectivity index (χ3v) is 3.12. The van der Waals surface area contributed by atoms with Gasteiger partial charge in [-0.25, -0.2) is 4.48 Å². The van der Waals surface area contributed by atoms with Crippen molar-refractivity contribution in [3.05, 3.63) is 0 Å². The molecule has 2 aliphatic heterocycles. The van der Waals surface area contributed by atoms with E-state index in [1.807, 2.05) is 0 Å². The van der Waals surface area contributed by atoms with Crippen molar-refractivity contribution in [2.45, 2.75) is 32.1 Å². The maximum Gasteiger partial charge on any atom is 0.513 e. The third-order valence-electron chi connectivity index (χ3n) is 3.12. The highest BCUT2D eigenvalue weighted by Gasteiger charge is 2.32. The van der Waals surface area contributed by atoms with Crippen LogP contribution in [-0.4, -0.2) is 47.6 Å². The van der Waals surface area contributed by atoms with E-state index in [9.17, 15) is 14.4 Å². The van der Waals surface area contributed by atoms with Gasteiger partial charge in [-0.15, -0.1) is 0 Å². The molecule has 0 unspecified atom stereocenters. The van der Waals surface area contributed by atoms with Crippen molar-refractivity contribution >= 4 is 17.9 Å². The molecule has 0 aliphatic carbocycles. The van der Waals surface area contributed by atoms with E-state index in [1.165, 1.54) is 6.42 Å². The molecule has 6 nitrogen and oxygen atoms in total.